The summed E-state index contributed by atoms with van der Waals surface area (Å²) >= 11 is 1.68. The highest BCUT2D eigenvalue weighted by Gasteiger charge is 2.23. The van der Waals surface area contributed by atoms with Crippen LogP contribution in [0, 0.1) is 0 Å². The molecule has 1 aromatic carbocycles. The van der Waals surface area contributed by atoms with Crippen molar-refractivity contribution in [2.45, 2.75) is 19.5 Å². The summed E-state index contributed by atoms with van der Waals surface area (Å²) in [7, 11) is 0. The average molecular weight is 351 g/mol. The highest BCUT2D eigenvalue weighted by atomic mass is 32.1. The minimum atomic E-state index is 0.314. The zero-order valence-corrected chi connectivity index (χ0v) is 14.5. The van der Waals surface area contributed by atoms with Gasteiger partial charge in [0.05, 0.1) is 10.6 Å². The third kappa shape index (κ3) is 2.77. The number of hydrogen-bond acceptors (Lipinski definition) is 6. The van der Waals surface area contributed by atoms with Gasteiger partial charge in [-0.1, -0.05) is 18.2 Å². The monoisotopic (exact) mass is 351 g/mol. The summed E-state index contributed by atoms with van der Waals surface area (Å²) in [6.07, 6.45) is 2.93. The summed E-state index contributed by atoms with van der Waals surface area (Å²) in [4.78, 5) is 12.9. The Morgan fingerprint density at radius 3 is 3.08 bits per heavy atom. The Bertz CT molecular complexity index is 911. The van der Waals surface area contributed by atoms with Gasteiger partial charge in [-0.05, 0) is 17.5 Å². The first-order valence-electron chi connectivity index (χ1n) is 8.35. The first kappa shape index (κ1) is 14.9. The number of fused-ring (bicyclic) bond motifs is 2. The molecule has 0 atom stereocenters. The summed E-state index contributed by atoms with van der Waals surface area (Å²) < 4.78 is 11.1. The maximum Gasteiger partial charge on any atom is 0.231 e. The lowest BCUT2D eigenvalue weighted by Crippen LogP contribution is -2.31. The van der Waals surface area contributed by atoms with Crippen LogP contribution in [0.2, 0.25) is 0 Å². The summed E-state index contributed by atoms with van der Waals surface area (Å²) in [6.45, 7) is 3.01. The molecule has 6 heteroatoms. The molecule has 0 N–H and O–H groups in total. The van der Waals surface area contributed by atoms with Crippen molar-refractivity contribution in [3.8, 4) is 22.2 Å². The molecule has 0 aliphatic carbocycles. The lowest BCUT2D eigenvalue weighted by atomic mass is 10.1. The Kier molecular flexibility index (Phi) is 3.64. The van der Waals surface area contributed by atoms with Gasteiger partial charge in [-0.2, -0.15) is 0 Å². The molecule has 0 amide bonds. The molecule has 5 rings (SSSR count). The van der Waals surface area contributed by atoms with E-state index in [9.17, 15) is 0 Å². The van der Waals surface area contributed by atoms with E-state index < -0.39 is 0 Å². The van der Waals surface area contributed by atoms with Crippen molar-refractivity contribution in [3.05, 3.63) is 58.7 Å². The molecule has 25 heavy (non-hydrogen) atoms. The quantitative estimate of drug-likeness (QED) is 0.723. The summed E-state index contributed by atoms with van der Waals surface area (Å²) in [5.74, 6) is 2.57. The van der Waals surface area contributed by atoms with Crippen LogP contribution in [0.3, 0.4) is 0 Å². The van der Waals surface area contributed by atoms with Crippen LogP contribution in [-0.2, 0) is 19.5 Å². The molecule has 0 spiro atoms. The van der Waals surface area contributed by atoms with E-state index in [1.807, 2.05) is 24.4 Å². The minimum Gasteiger partial charge on any atom is -0.454 e. The lowest BCUT2D eigenvalue weighted by Gasteiger charge is -2.28. The Balaban J connectivity index is 1.36. The standard InChI is InChI=1S/C19H17N3O2S/c1-3-13(18-16(4-1)23-12-24-18)10-22-7-6-15-14(11-22)9-20-19(21-15)17-5-2-8-25-17/h1-5,8-9H,6-7,10-12H2. The summed E-state index contributed by atoms with van der Waals surface area (Å²) in [5, 5.41) is 2.06. The van der Waals surface area contributed by atoms with Gasteiger partial charge >= 0.3 is 0 Å². The second-order valence-electron chi connectivity index (χ2n) is 6.25. The average Bonchev–Trinajstić information content (AvgIpc) is 3.33. The van der Waals surface area contributed by atoms with Crippen LogP contribution in [0.1, 0.15) is 16.8 Å². The topological polar surface area (TPSA) is 47.5 Å². The van der Waals surface area contributed by atoms with Crippen molar-refractivity contribution in [1.82, 2.24) is 14.9 Å². The predicted octanol–water partition coefficient (Wildman–Crippen LogP) is 3.49. The fourth-order valence-corrected chi connectivity index (χ4v) is 4.05. The molecule has 0 unspecified atom stereocenters. The van der Waals surface area contributed by atoms with Crippen molar-refractivity contribution < 1.29 is 9.47 Å². The molecule has 0 saturated carbocycles. The molecule has 0 radical (unpaired) electrons. The van der Waals surface area contributed by atoms with Crippen LogP contribution in [-0.4, -0.2) is 28.2 Å². The smallest absolute Gasteiger partial charge is 0.231 e. The second kappa shape index (κ2) is 6.13. The first-order valence-corrected chi connectivity index (χ1v) is 9.23. The van der Waals surface area contributed by atoms with Gasteiger partial charge in [-0.3, -0.25) is 4.90 Å². The number of ether oxygens (including phenoxy) is 2. The summed E-state index contributed by atoms with van der Waals surface area (Å²) in [6, 6.07) is 10.2. The van der Waals surface area contributed by atoms with Gasteiger partial charge in [-0.15, -0.1) is 11.3 Å². The Hall–Kier alpha value is -2.44. The number of aromatic nitrogens is 2. The molecule has 2 aliphatic rings. The molecule has 0 saturated heterocycles. The third-order valence-electron chi connectivity index (χ3n) is 4.63. The number of para-hydroxylation sites is 1. The van der Waals surface area contributed by atoms with Crippen molar-refractivity contribution in [1.29, 1.82) is 0 Å². The van der Waals surface area contributed by atoms with E-state index >= 15 is 0 Å². The second-order valence-corrected chi connectivity index (χ2v) is 7.20. The molecular formula is C19H17N3O2S. The number of thiophene rings is 1. The first-order chi connectivity index (χ1) is 12.4. The largest absolute Gasteiger partial charge is 0.454 e. The zero-order chi connectivity index (χ0) is 16.6. The zero-order valence-electron chi connectivity index (χ0n) is 13.6. The van der Waals surface area contributed by atoms with Crippen LogP contribution >= 0.6 is 11.3 Å². The maximum absolute atomic E-state index is 5.63. The molecule has 0 fully saturated rings. The number of hydrogen-bond donors (Lipinski definition) is 0. The minimum absolute atomic E-state index is 0.314. The van der Waals surface area contributed by atoms with Gasteiger partial charge in [-0.25, -0.2) is 9.97 Å². The molecular weight excluding hydrogens is 334 g/mol. The third-order valence-corrected chi connectivity index (χ3v) is 5.49. The van der Waals surface area contributed by atoms with Gasteiger partial charge in [0.2, 0.25) is 6.79 Å². The van der Waals surface area contributed by atoms with Crippen molar-refractivity contribution >= 4 is 11.3 Å². The van der Waals surface area contributed by atoms with E-state index in [1.165, 1.54) is 16.8 Å². The molecule has 4 heterocycles. The normalized spacial score (nSPS) is 16.0. The van der Waals surface area contributed by atoms with Crippen LogP contribution in [0.4, 0.5) is 0 Å². The lowest BCUT2D eigenvalue weighted by molar-refractivity contribution is 0.171. The van der Waals surface area contributed by atoms with Crippen LogP contribution in [0.25, 0.3) is 10.7 Å². The van der Waals surface area contributed by atoms with Crippen molar-refractivity contribution in [2.75, 3.05) is 13.3 Å². The van der Waals surface area contributed by atoms with E-state index in [1.54, 1.807) is 11.3 Å². The number of rotatable bonds is 3. The molecule has 0 bridgehead atoms. The molecule has 2 aromatic heterocycles. The van der Waals surface area contributed by atoms with Gasteiger partial charge in [0.1, 0.15) is 0 Å². The van der Waals surface area contributed by atoms with E-state index in [-0.39, 0.29) is 0 Å². The van der Waals surface area contributed by atoms with Gasteiger partial charge in [0, 0.05) is 43.4 Å². The van der Waals surface area contributed by atoms with Crippen LogP contribution < -0.4 is 9.47 Å². The Labute approximate surface area is 149 Å². The van der Waals surface area contributed by atoms with Crippen LogP contribution in [0.15, 0.2) is 41.9 Å². The molecule has 2 aliphatic heterocycles. The van der Waals surface area contributed by atoms with Crippen LogP contribution in [0.5, 0.6) is 11.5 Å². The van der Waals surface area contributed by atoms with E-state index in [0.29, 0.717) is 6.79 Å². The van der Waals surface area contributed by atoms with Gasteiger partial charge < -0.3 is 9.47 Å². The maximum atomic E-state index is 5.63. The molecule has 5 nitrogen and oxygen atoms in total. The van der Waals surface area contributed by atoms with Gasteiger partial charge in [0.15, 0.2) is 17.3 Å². The van der Waals surface area contributed by atoms with Crippen molar-refractivity contribution in [2.24, 2.45) is 0 Å². The Morgan fingerprint density at radius 1 is 1.16 bits per heavy atom. The van der Waals surface area contributed by atoms with Crippen molar-refractivity contribution in [3.63, 3.8) is 0 Å². The van der Waals surface area contributed by atoms with E-state index in [0.717, 1.165) is 48.3 Å². The fraction of sp³-hybridized carbons (Fsp3) is 0.263. The Morgan fingerprint density at radius 2 is 2.16 bits per heavy atom. The van der Waals surface area contributed by atoms with E-state index in [4.69, 9.17) is 14.5 Å². The predicted molar refractivity (Wildman–Crippen MR) is 95.7 cm³/mol. The summed E-state index contributed by atoms with van der Waals surface area (Å²) in [5.41, 5.74) is 3.57. The molecule has 3 aromatic rings. The van der Waals surface area contributed by atoms with E-state index in [2.05, 4.69) is 27.4 Å². The number of benzene rings is 1. The SMILES string of the molecule is c1csc(-c2ncc3c(n2)CCN(Cc2cccc4c2OCO4)C3)c1. The highest BCUT2D eigenvalue weighted by molar-refractivity contribution is 7.13. The fourth-order valence-electron chi connectivity index (χ4n) is 3.39. The highest BCUT2D eigenvalue weighted by Crippen LogP contribution is 2.36. The van der Waals surface area contributed by atoms with Gasteiger partial charge in [0.25, 0.3) is 0 Å². The molecule has 126 valence electrons. The number of nitrogens with zero attached hydrogens (tertiary/aromatic N) is 3.